The van der Waals surface area contributed by atoms with Gasteiger partial charge >= 0.3 is 12.0 Å². The number of carbonyl (C=O) groups is 3. The predicted molar refractivity (Wildman–Crippen MR) is 97.1 cm³/mol. The van der Waals surface area contributed by atoms with E-state index in [0.29, 0.717) is 25.2 Å². The van der Waals surface area contributed by atoms with Crippen LogP contribution in [0.5, 0.6) is 0 Å². The Morgan fingerprint density at radius 3 is 2.56 bits per heavy atom. The maximum absolute atomic E-state index is 12.9. The maximum atomic E-state index is 12.9. The van der Waals surface area contributed by atoms with Gasteiger partial charge in [0.2, 0.25) is 0 Å². The van der Waals surface area contributed by atoms with Crippen molar-refractivity contribution in [2.45, 2.75) is 39.2 Å². The molecule has 1 N–H and O–H groups in total. The third-order valence-corrected chi connectivity index (χ3v) is 5.06. The number of fused-ring (bicyclic) bond motifs is 1. The number of nitrogens with zero attached hydrogens (tertiary/aromatic N) is 4. The van der Waals surface area contributed by atoms with E-state index in [2.05, 4.69) is 10.4 Å². The van der Waals surface area contributed by atoms with E-state index < -0.39 is 5.97 Å². The number of piperidine rings is 1. The minimum Gasteiger partial charge on any atom is -0.465 e. The highest BCUT2D eigenvalue weighted by Crippen LogP contribution is 2.24. The molecule has 0 aromatic carbocycles. The molecule has 2 aliphatic heterocycles. The summed E-state index contributed by atoms with van der Waals surface area (Å²) in [6.07, 6.45) is 3.81. The third-order valence-electron chi connectivity index (χ3n) is 5.06. The zero-order chi connectivity index (χ0) is 19.4. The first-order valence-corrected chi connectivity index (χ1v) is 9.53. The van der Waals surface area contributed by atoms with Crippen molar-refractivity contribution >= 4 is 17.9 Å². The molecule has 0 saturated carbocycles. The van der Waals surface area contributed by atoms with E-state index in [1.165, 1.54) is 0 Å². The minimum atomic E-state index is -0.467. The number of hydrogen-bond donors (Lipinski definition) is 1. The van der Waals surface area contributed by atoms with Crippen LogP contribution in [0.25, 0.3) is 0 Å². The number of hydrogen-bond acceptors (Lipinski definition) is 5. The van der Waals surface area contributed by atoms with Gasteiger partial charge in [-0.25, -0.2) is 4.79 Å². The first kappa shape index (κ1) is 19.2. The fourth-order valence-electron chi connectivity index (χ4n) is 3.66. The fourth-order valence-corrected chi connectivity index (χ4v) is 3.66. The summed E-state index contributed by atoms with van der Waals surface area (Å²) in [7, 11) is 1.84. The molecule has 27 heavy (non-hydrogen) atoms. The van der Waals surface area contributed by atoms with Gasteiger partial charge in [0.05, 0.1) is 13.2 Å². The molecule has 0 spiro atoms. The number of aromatic nitrogens is 2. The van der Waals surface area contributed by atoms with Crippen LogP contribution in [0.15, 0.2) is 0 Å². The lowest BCUT2D eigenvalue weighted by molar-refractivity contribution is -0.141. The molecule has 1 saturated heterocycles. The Labute approximate surface area is 158 Å². The standard InChI is InChI=1S/C18H27N5O4/c1-3-27-15(24)11-19-18(26)23-10-7-14-13(12-23)16(20-21(14)2)17(25)22-8-5-4-6-9-22/h3-12H2,1-2H3,(H,19,26). The summed E-state index contributed by atoms with van der Waals surface area (Å²) >= 11 is 0. The molecule has 0 atom stereocenters. The molecule has 2 aliphatic rings. The Balaban J connectivity index is 1.69. The van der Waals surface area contributed by atoms with Gasteiger partial charge in [-0.15, -0.1) is 0 Å². The molecule has 0 aliphatic carbocycles. The molecule has 1 fully saturated rings. The summed E-state index contributed by atoms with van der Waals surface area (Å²) < 4.78 is 6.57. The molecule has 1 aromatic rings. The van der Waals surface area contributed by atoms with Crippen LogP contribution in [0.1, 0.15) is 47.9 Å². The van der Waals surface area contributed by atoms with Gasteiger partial charge in [-0.3, -0.25) is 14.3 Å². The SMILES string of the molecule is CCOC(=O)CNC(=O)N1CCc2c(c(C(=O)N3CCCCC3)nn2C)C1. The first-order valence-electron chi connectivity index (χ1n) is 9.53. The summed E-state index contributed by atoms with van der Waals surface area (Å²) in [5.74, 6) is -0.522. The normalized spacial score (nSPS) is 16.7. The zero-order valence-electron chi connectivity index (χ0n) is 16.0. The van der Waals surface area contributed by atoms with Gasteiger partial charge in [-0.2, -0.15) is 5.10 Å². The Morgan fingerprint density at radius 2 is 1.85 bits per heavy atom. The number of urea groups is 1. The van der Waals surface area contributed by atoms with Gasteiger partial charge in [0.15, 0.2) is 5.69 Å². The topological polar surface area (TPSA) is 96.8 Å². The number of esters is 1. The largest absolute Gasteiger partial charge is 0.465 e. The summed E-state index contributed by atoms with van der Waals surface area (Å²) in [5.41, 5.74) is 2.24. The molecule has 1 aromatic heterocycles. The summed E-state index contributed by atoms with van der Waals surface area (Å²) in [6, 6.07) is -0.339. The average molecular weight is 377 g/mol. The van der Waals surface area contributed by atoms with Crippen molar-refractivity contribution in [2.24, 2.45) is 7.05 Å². The lowest BCUT2D eigenvalue weighted by Gasteiger charge is -2.29. The molecular weight excluding hydrogens is 350 g/mol. The van der Waals surface area contributed by atoms with Crippen molar-refractivity contribution in [3.63, 3.8) is 0 Å². The lowest BCUT2D eigenvalue weighted by atomic mass is 10.0. The smallest absolute Gasteiger partial charge is 0.325 e. The number of aryl methyl sites for hydroxylation is 1. The van der Waals surface area contributed by atoms with E-state index in [9.17, 15) is 14.4 Å². The van der Waals surface area contributed by atoms with Crippen LogP contribution >= 0.6 is 0 Å². The van der Waals surface area contributed by atoms with Crippen molar-refractivity contribution in [3.8, 4) is 0 Å². The Hall–Kier alpha value is -2.58. The fraction of sp³-hybridized carbons (Fsp3) is 0.667. The van der Waals surface area contributed by atoms with Gasteiger partial charge < -0.3 is 19.9 Å². The Morgan fingerprint density at radius 1 is 1.11 bits per heavy atom. The van der Waals surface area contributed by atoms with Gasteiger partial charge in [0, 0.05) is 44.4 Å². The second-order valence-corrected chi connectivity index (χ2v) is 6.89. The van der Waals surface area contributed by atoms with Gasteiger partial charge in [-0.1, -0.05) is 0 Å². The Kier molecular flexibility index (Phi) is 5.98. The van der Waals surface area contributed by atoms with Crippen LogP contribution in [0, 0.1) is 0 Å². The summed E-state index contributed by atoms with van der Waals surface area (Å²) in [4.78, 5) is 40.2. The molecule has 0 radical (unpaired) electrons. The quantitative estimate of drug-likeness (QED) is 0.778. The lowest BCUT2D eigenvalue weighted by Crippen LogP contribution is -2.45. The van der Waals surface area contributed by atoms with Crippen LogP contribution in [0.3, 0.4) is 0 Å². The predicted octanol–water partition coefficient (Wildman–Crippen LogP) is 0.677. The second kappa shape index (κ2) is 8.41. The highest BCUT2D eigenvalue weighted by atomic mass is 16.5. The minimum absolute atomic E-state index is 0.0552. The first-order chi connectivity index (χ1) is 13.0. The van der Waals surface area contributed by atoms with Gasteiger partial charge in [-0.05, 0) is 26.2 Å². The highest BCUT2D eigenvalue weighted by Gasteiger charge is 2.31. The second-order valence-electron chi connectivity index (χ2n) is 6.89. The van der Waals surface area contributed by atoms with Crippen LogP contribution in [0.4, 0.5) is 4.79 Å². The van der Waals surface area contributed by atoms with Crippen LogP contribution in [-0.4, -0.2) is 70.3 Å². The van der Waals surface area contributed by atoms with E-state index in [-0.39, 0.29) is 25.1 Å². The number of rotatable bonds is 4. The molecule has 0 unspecified atom stereocenters. The monoisotopic (exact) mass is 377 g/mol. The van der Waals surface area contributed by atoms with Crippen molar-refractivity contribution in [3.05, 3.63) is 17.0 Å². The summed E-state index contributed by atoms with van der Waals surface area (Å²) in [5, 5.41) is 7.03. The van der Waals surface area contributed by atoms with Crippen molar-refractivity contribution in [1.82, 2.24) is 24.9 Å². The number of carbonyl (C=O) groups excluding carboxylic acids is 3. The van der Waals surface area contributed by atoms with E-state index in [1.807, 2.05) is 11.9 Å². The molecular formula is C18H27N5O4. The number of amides is 3. The van der Waals surface area contributed by atoms with E-state index in [0.717, 1.165) is 43.6 Å². The van der Waals surface area contributed by atoms with E-state index in [1.54, 1.807) is 16.5 Å². The molecule has 9 nitrogen and oxygen atoms in total. The number of likely N-dealkylation sites (tertiary alicyclic amines) is 1. The van der Waals surface area contributed by atoms with Crippen LogP contribution in [0.2, 0.25) is 0 Å². The van der Waals surface area contributed by atoms with E-state index in [4.69, 9.17) is 4.74 Å². The molecule has 9 heteroatoms. The van der Waals surface area contributed by atoms with Gasteiger partial charge in [0.1, 0.15) is 6.54 Å². The van der Waals surface area contributed by atoms with Gasteiger partial charge in [0.25, 0.3) is 5.91 Å². The van der Waals surface area contributed by atoms with Crippen LogP contribution < -0.4 is 5.32 Å². The maximum Gasteiger partial charge on any atom is 0.325 e. The highest BCUT2D eigenvalue weighted by molar-refractivity contribution is 5.94. The molecule has 0 bridgehead atoms. The summed E-state index contributed by atoms with van der Waals surface area (Å²) in [6.45, 7) is 4.17. The van der Waals surface area contributed by atoms with Crippen molar-refractivity contribution < 1.29 is 19.1 Å². The Bertz CT molecular complexity index is 724. The van der Waals surface area contributed by atoms with Crippen molar-refractivity contribution in [2.75, 3.05) is 32.8 Å². The molecule has 3 amide bonds. The zero-order valence-corrected chi connectivity index (χ0v) is 16.0. The molecule has 3 rings (SSSR count). The molecule has 3 heterocycles. The third kappa shape index (κ3) is 4.23. The average Bonchev–Trinajstić information content (AvgIpc) is 3.02. The van der Waals surface area contributed by atoms with E-state index >= 15 is 0 Å². The number of nitrogens with one attached hydrogen (secondary N) is 1. The van der Waals surface area contributed by atoms with Crippen molar-refractivity contribution in [1.29, 1.82) is 0 Å². The molecule has 148 valence electrons. The number of ether oxygens (including phenoxy) is 1. The van der Waals surface area contributed by atoms with Crippen LogP contribution in [-0.2, 0) is 29.5 Å².